The van der Waals surface area contributed by atoms with Gasteiger partial charge >= 0.3 is 6.03 Å². The second-order valence-corrected chi connectivity index (χ2v) is 4.11. The lowest BCUT2D eigenvalue weighted by Gasteiger charge is -2.15. The van der Waals surface area contributed by atoms with E-state index in [0.717, 1.165) is 5.56 Å². The van der Waals surface area contributed by atoms with Crippen LogP contribution in [-0.4, -0.2) is 26.3 Å². The van der Waals surface area contributed by atoms with Crippen LogP contribution in [0.5, 0.6) is 0 Å². The van der Waals surface area contributed by atoms with E-state index in [1.165, 1.54) is 0 Å². The number of benzene rings is 1. The highest BCUT2D eigenvalue weighted by molar-refractivity contribution is 6.30. The number of nitrogens with one attached hydrogen (secondary N) is 2. The molecule has 1 aromatic carbocycles. The molecular formula is C12H17ClN2O2. The van der Waals surface area contributed by atoms with Crippen LogP contribution >= 0.6 is 11.6 Å². The molecule has 0 spiro atoms. The number of hydrogen-bond acceptors (Lipinski definition) is 2. The van der Waals surface area contributed by atoms with Crippen molar-refractivity contribution in [3.05, 3.63) is 34.9 Å². The Morgan fingerprint density at radius 3 is 2.94 bits per heavy atom. The standard InChI is InChI=1S/C12H17ClN2O2/c1-9(10-4-3-5-11(13)8-10)15-12(16)14-6-7-17-2/h3-5,8-9H,6-7H2,1-2H3,(H2,14,15,16). The zero-order valence-corrected chi connectivity index (χ0v) is 10.8. The molecular weight excluding hydrogens is 240 g/mol. The SMILES string of the molecule is COCCNC(=O)NC(C)c1cccc(Cl)c1. The Morgan fingerprint density at radius 2 is 2.29 bits per heavy atom. The van der Waals surface area contributed by atoms with Crippen molar-refractivity contribution in [2.45, 2.75) is 13.0 Å². The first-order valence-electron chi connectivity index (χ1n) is 5.42. The predicted octanol–water partition coefficient (Wildman–Crippen LogP) is 2.35. The van der Waals surface area contributed by atoms with E-state index in [-0.39, 0.29) is 12.1 Å². The molecule has 94 valence electrons. The fourth-order valence-electron chi connectivity index (χ4n) is 1.37. The van der Waals surface area contributed by atoms with Crippen molar-refractivity contribution in [2.75, 3.05) is 20.3 Å². The largest absolute Gasteiger partial charge is 0.383 e. The van der Waals surface area contributed by atoms with Crippen molar-refractivity contribution in [1.82, 2.24) is 10.6 Å². The third-order valence-corrected chi connectivity index (χ3v) is 2.52. The van der Waals surface area contributed by atoms with E-state index in [2.05, 4.69) is 10.6 Å². The molecule has 0 aromatic heterocycles. The van der Waals surface area contributed by atoms with Crippen LogP contribution in [0.15, 0.2) is 24.3 Å². The van der Waals surface area contributed by atoms with E-state index in [9.17, 15) is 4.79 Å². The van der Waals surface area contributed by atoms with Crippen LogP contribution in [0.3, 0.4) is 0 Å². The summed E-state index contributed by atoms with van der Waals surface area (Å²) in [5.74, 6) is 0. The third kappa shape index (κ3) is 5.06. The number of carbonyl (C=O) groups is 1. The number of ether oxygens (including phenoxy) is 1. The molecule has 2 amide bonds. The summed E-state index contributed by atoms with van der Waals surface area (Å²) in [6, 6.07) is 7.12. The Balaban J connectivity index is 2.43. The number of carbonyl (C=O) groups excluding carboxylic acids is 1. The van der Waals surface area contributed by atoms with Gasteiger partial charge in [-0.1, -0.05) is 23.7 Å². The Kier molecular flexibility index (Phi) is 5.80. The van der Waals surface area contributed by atoms with Crippen molar-refractivity contribution in [1.29, 1.82) is 0 Å². The Bertz CT molecular complexity index is 371. The van der Waals surface area contributed by atoms with Gasteiger partial charge in [-0.15, -0.1) is 0 Å². The van der Waals surface area contributed by atoms with E-state index in [4.69, 9.17) is 16.3 Å². The minimum Gasteiger partial charge on any atom is -0.383 e. The summed E-state index contributed by atoms with van der Waals surface area (Å²) in [5.41, 5.74) is 0.972. The molecule has 4 nitrogen and oxygen atoms in total. The van der Waals surface area contributed by atoms with E-state index in [1.54, 1.807) is 13.2 Å². The smallest absolute Gasteiger partial charge is 0.315 e. The minimum atomic E-state index is -0.213. The van der Waals surface area contributed by atoms with Crippen LogP contribution in [0.2, 0.25) is 5.02 Å². The van der Waals surface area contributed by atoms with Gasteiger partial charge in [0.05, 0.1) is 12.6 Å². The number of methoxy groups -OCH3 is 1. The Hall–Kier alpha value is -1.26. The van der Waals surface area contributed by atoms with Crippen molar-refractivity contribution in [3.63, 3.8) is 0 Å². The lowest BCUT2D eigenvalue weighted by Crippen LogP contribution is -2.38. The molecule has 0 radical (unpaired) electrons. The molecule has 0 saturated heterocycles. The minimum absolute atomic E-state index is 0.0868. The molecule has 17 heavy (non-hydrogen) atoms. The Labute approximate surface area is 106 Å². The summed E-state index contributed by atoms with van der Waals surface area (Å²) in [4.78, 5) is 11.5. The van der Waals surface area contributed by atoms with Crippen molar-refractivity contribution < 1.29 is 9.53 Å². The van der Waals surface area contributed by atoms with Gasteiger partial charge in [-0.25, -0.2) is 4.79 Å². The van der Waals surface area contributed by atoms with E-state index < -0.39 is 0 Å². The normalized spacial score (nSPS) is 11.9. The molecule has 0 bridgehead atoms. The van der Waals surface area contributed by atoms with E-state index >= 15 is 0 Å². The second kappa shape index (κ2) is 7.14. The van der Waals surface area contributed by atoms with Gasteiger partial charge in [0.2, 0.25) is 0 Å². The summed E-state index contributed by atoms with van der Waals surface area (Å²) >= 11 is 5.88. The zero-order chi connectivity index (χ0) is 12.7. The summed E-state index contributed by atoms with van der Waals surface area (Å²) in [6.07, 6.45) is 0. The molecule has 1 rings (SSSR count). The first-order valence-corrected chi connectivity index (χ1v) is 5.80. The maximum Gasteiger partial charge on any atom is 0.315 e. The number of halogens is 1. The number of amides is 2. The molecule has 0 aliphatic rings. The fourth-order valence-corrected chi connectivity index (χ4v) is 1.57. The lowest BCUT2D eigenvalue weighted by molar-refractivity contribution is 0.195. The average molecular weight is 257 g/mol. The topological polar surface area (TPSA) is 50.4 Å². The van der Waals surface area contributed by atoms with Gasteiger partial charge in [0.25, 0.3) is 0 Å². The number of urea groups is 1. The maximum atomic E-state index is 11.5. The second-order valence-electron chi connectivity index (χ2n) is 3.67. The third-order valence-electron chi connectivity index (χ3n) is 2.29. The molecule has 1 atom stereocenters. The van der Waals surface area contributed by atoms with Crippen LogP contribution in [0, 0.1) is 0 Å². The van der Waals surface area contributed by atoms with Gasteiger partial charge < -0.3 is 15.4 Å². The molecule has 2 N–H and O–H groups in total. The first kappa shape index (κ1) is 13.8. The molecule has 5 heteroatoms. The van der Waals surface area contributed by atoms with Crippen molar-refractivity contribution in [2.24, 2.45) is 0 Å². The van der Waals surface area contributed by atoms with Crippen LogP contribution in [0.1, 0.15) is 18.5 Å². The maximum absolute atomic E-state index is 11.5. The zero-order valence-electron chi connectivity index (χ0n) is 10.00. The van der Waals surface area contributed by atoms with E-state index in [0.29, 0.717) is 18.2 Å². The van der Waals surface area contributed by atoms with Gasteiger partial charge in [0.15, 0.2) is 0 Å². The van der Waals surface area contributed by atoms with Gasteiger partial charge in [0, 0.05) is 18.7 Å². The quantitative estimate of drug-likeness (QED) is 0.795. The highest BCUT2D eigenvalue weighted by atomic mass is 35.5. The lowest BCUT2D eigenvalue weighted by atomic mass is 10.1. The van der Waals surface area contributed by atoms with Gasteiger partial charge in [-0.05, 0) is 24.6 Å². The molecule has 1 aromatic rings. The molecule has 1 unspecified atom stereocenters. The molecule has 0 aliphatic carbocycles. The Morgan fingerprint density at radius 1 is 1.53 bits per heavy atom. The highest BCUT2D eigenvalue weighted by Gasteiger charge is 2.08. The van der Waals surface area contributed by atoms with Crippen molar-refractivity contribution in [3.8, 4) is 0 Å². The van der Waals surface area contributed by atoms with Gasteiger partial charge in [-0.3, -0.25) is 0 Å². The van der Waals surface area contributed by atoms with Crippen molar-refractivity contribution >= 4 is 17.6 Å². The molecule has 0 fully saturated rings. The molecule has 0 aliphatic heterocycles. The van der Waals surface area contributed by atoms with Crippen LogP contribution < -0.4 is 10.6 Å². The van der Waals surface area contributed by atoms with Crippen LogP contribution in [-0.2, 0) is 4.74 Å². The summed E-state index contributed by atoms with van der Waals surface area (Å²) < 4.78 is 4.84. The summed E-state index contributed by atoms with van der Waals surface area (Å²) in [7, 11) is 1.59. The summed E-state index contributed by atoms with van der Waals surface area (Å²) in [5, 5.41) is 6.17. The van der Waals surface area contributed by atoms with E-state index in [1.807, 2.05) is 25.1 Å². The summed E-state index contributed by atoms with van der Waals surface area (Å²) in [6.45, 7) is 2.89. The highest BCUT2D eigenvalue weighted by Crippen LogP contribution is 2.16. The number of rotatable bonds is 5. The van der Waals surface area contributed by atoms with Crippen LogP contribution in [0.25, 0.3) is 0 Å². The predicted molar refractivity (Wildman–Crippen MR) is 68.3 cm³/mol. The monoisotopic (exact) mass is 256 g/mol. The van der Waals surface area contributed by atoms with Crippen LogP contribution in [0.4, 0.5) is 4.79 Å². The average Bonchev–Trinajstić information content (AvgIpc) is 2.29. The number of hydrogen-bond donors (Lipinski definition) is 2. The first-order chi connectivity index (χ1) is 8.13. The van der Waals surface area contributed by atoms with Gasteiger partial charge in [0.1, 0.15) is 0 Å². The molecule has 0 saturated carbocycles. The molecule has 0 heterocycles. The fraction of sp³-hybridized carbons (Fsp3) is 0.417. The van der Waals surface area contributed by atoms with Gasteiger partial charge in [-0.2, -0.15) is 0 Å².